The summed E-state index contributed by atoms with van der Waals surface area (Å²) in [5, 5.41) is 11.7. The van der Waals surface area contributed by atoms with E-state index in [2.05, 4.69) is 4.74 Å². The maximum absolute atomic E-state index is 13.2. The lowest BCUT2D eigenvalue weighted by Crippen LogP contribution is -2.36. The van der Waals surface area contributed by atoms with Crippen molar-refractivity contribution in [3.8, 4) is 11.5 Å². The Balaban J connectivity index is 1.68. The van der Waals surface area contributed by atoms with Crippen LogP contribution >= 0.6 is 23.2 Å². The lowest BCUT2D eigenvalue weighted by atomic mass is 10.0. The Kier molecular flexibility index (Phi) is 9.85. The number of ether oxygens (including phenoxy) is 3. The third-order valence-electron chi connectivity index (χ3n) is 6.30. The Morgan fingerprint density at radius 2 is 1.76 bits per heavy atom. The highest BCUT2D eigenvalue weighted by atomic mass is 35.5. The minimum absolute atomic E-state index is 0.00282. The van der Waals surface area contributed by atoms with E-state index < -0.39 is 35.3 Å². The molecule has 1 saturated carbocycles. The predicted molar refractivity (Wildman–Crippen MR) is 152 cm³/mol. The van der Waals surface area contributed by atoms with E-state index in [1.54, 1.807) is 0 Å². The molecule has 15 heteroatoms. The summed E-state index contributed by atoms with van der Waals surface area (Å²) in [6.07, 6.45) is 3.65. The quantitative estimate of drug-likeness (QED) is 0.120. The molecule has 1 aliphatic rings. The van der Waals surface area contributed by atoms with Crippen LogP contribution in [0, 0.1) is 11.1 Å². The van der Waals surface area contributed by atoms with E-state index in [1.807, 2.05) is 0 Å². The molecule has 0 radical (unpaired) electrons. The number of pyridine rings is 1. The third kappa shape index (κ3) is 8.49. The van der Waals surface area contributed by atoms with Crippen molar-refractivity contribution in [2.24, 2.45) is 5.92 Å². The highest BCUT2D eigenvalue weighted by Crippen LogP contribution is 2.38. The molecule has 226 valence electrons. The third-order valence-corrected chi connectivity index (χ3v) is 8.09. The molecule has 1 aliphatic carbocycles. The molecule has 1 atom stereocenters. The number of esters is 1. The minimum Gasteiger partial charge on any atom is -0.619 e. The number of rotatable bonds is 13. The predicted octanol–water partition coefficient (Wildman–Crippen LogP) is 4.89. The first-order valence-corrected chi connectivity index (χ1v) is 15.2. The van der Waals surface area contributed by atoms with Gasteiger partial charge in [0.15, 0.2) is 23.9 Å². The van der Waals surface area contributed by atoms with Crippen molar-refractivity contribution < 1.29 is 40.9 Å². The van der Waals surface area contributed by atoms with Gasteiger partial charge in [-0.25, -0.2) is 8.42 Å². The molecule has 3 aromatic rings. The molecular formula is C27H27Cl2F2N3O7S. The maximum Gasteiger partial charge on any atom is 0.387 e. The lowest BCUT2D eigenvalue weighted by Gasteiger charge is -2.25. The molecule has 2 aromatic carbocycles. The van der Waals surface area contributed by atoms with Crippen molar-refractivity contribution in [3.63, 3.8) is 0 Å². The number of alkyl halides is 2. The van der Waals surface area contributed by atoms with Crippen LogP contribution in [0.5, 0.6) is 11.5 Å². The Morgan fingerprint density at radius 1 is 1.12 bits per heavy atom. The number of benzene rings is 2. The molecule has 10 nitrogen and oxygen atoms in total. The fraction of sp³-hybridized carbons (Fsp3) is 0.333. The summed E-state index contributed by atoms with van der Waals surface area (Å²) in [4.78, 5) is 13.2. The topological polar surface area (TPSA) is 135 Å². The van der Waals surface area contributed by atoms with Crippen molar-refractivity contribution in [2.45, 2.75) is 32.0 Å². The van der Waals surface area contributed by atoms with Crippen LogP contribution in [0.25, 0.3) is 0 Å². The summed E-state index contributed by atoms with van der Waals surface area (Å²) in [5.74, 6) is -0.868. The number of nitrogens with two attached hydrogens (primary N) is 1. The van der Waals surface area contributed by atoms with Crippen molar-refractivity contribution >= 4 is 50.6 Å². The SMILES string of the molecule is CS(=O)(=O)N(CC(=O)O[C@@H](Cc1c(Cl)c[n+]([O-])cc1Cl)c1ccc(OC(F)F)c(OCC2CC2)c1)c1ccc(N)cc1. The van der Waals surface area contributed by atoms with Crippen LogP contribution in [0.2, 0.25) is 10.0 Å². The van der Waals surface area contributed by atoms with Gasteiger partial charge in [0.2, 0.25) is 10.0 Å². The molecule has 0 spiro atoms. The number of hydrogen-bond donors (Lipinski definition) is 1. The van der Waals surface area contributed by atoms with E-state index >= 15 is 0 Å². The number of sulfonamides is 1. The van der Waals surface area contributed by atoms with Gasteiger partial charge in [-0.2, -0.15) is 13.5 Å². The number of hydrogen-bond acceptors (Lipinski definition) is 8. The molecule has 1 aromatic heterocycles. The standard InChI is InChI=1S/C27H27Cl2F2N3O7S/c1-42(37,38)34(19-7-5-18(32)6-8-19)14-26(35)40-24(11-20-21(28)12-33(36)13-22(20)29)17-4-9-23(41-27(30)31)25(10-17)39-15-16-2-3-16/h4-10,12-13,16,24,27H,2-3,11,14-15,32H2,1H3/t24-/m0/s1. The largest absolute Gasteiger partial charge is 0.619 e. The summed E-state index contributed by atoms with van der Waals surface area (Å²) in [6, 6.07) is 9.88. The average Bonchev–Trinajstić information content (AvgIpc) is 3.72. The first-order valence-electron chi connectivity index (χ1n) is 12.6. The van der Waals surface area contributed by atoms with E-state index in [4.69, 9.17) is 38.4 Å². The molecule has 4 rings (SSSR count). The summed E-state index contributed by atoms with van der Waals surface area (Å²) in [6.45, 7) is -3.53. The van der Waals surface area contributed by atoms with E-state index in [-0.39, 0.29) is 51.7 Å². The van der Waals surface area contributed by atoms with Gasteiger partial charge in [0.05, 0.1) is 18.6 Å². The number of carbonyl (C=O) groups is 1. The first kappa shape index (κ1) is 31.4. The zero-order valence-electron chi connectivity index (χ0n) is 22.2. The number of anilines is 2. The Bertz CT molecular complexity index is 1520. The van der Waals surface area contributed by atoms with Crippen LogP contribution in [-0.2, 0) is 26.0 Å². The fourth-order valence-corrected chi connectivity index (χ4v) is 5.46. The van der Waals surface area contributed by atoms with E-state index in [0.717, 1.165) is 35.8 Å². The number of nitrogen functional groups attached to an aromatic ring is 1. The van der Waals surface area contributed by atoms with Crippen LogP contribution in [0.3, 0.4) is 0 Å². The van der Waals surface area contributed by atoms with Crippen LogP contribution in [0.1, 0.15) is 30.1 Å². The van der Waals surface area contributed by atoms with Crippen LogP contribution in [0.4, 0.5) is 20.2 Å². The number of nitrogens with zero attached hydrogens (tertiary/aromatic N) is 2. The summed E-state index contributed by atoms with van der Waals surface area (Å²) in [7, 11) is -3.93. The van der Waals surface area contributed by atoms with Crippen molar-refractivity contribution in [3.05, 3.63) is 81.2 Å². The smallest absolute Gasteiger partial charge is 0.387 e. The first-order chi connectivity index (χ1) is 19.8. The zero-order chi connectivity index (χ0) is 30.6. The van der Waals surface area contributed by atoms with Gasteiger partial charge < -0.3 is 25.2 Å². The van der Waals surface area contributed by atoms with E-state index in [0.29, 0.717) is 16.0 Å². The maximum atomic E-state index is 13.2. The molecule has 42 heavy (non-hydrogen) atoms. The van der Waals surface area contributed by atoms with Gasteiger partial charge in [-0.15, -0.1) is 0 Å². The van der Waals surface area contributed by atoms with Gasteiger partial charge in [0.25, 0.3) is 0 Å². The van der Waals surface area contributed by atoms with Crippen molar-refractivity contribution in [2.75, 3.05) is 29.4 Å². The summed E-state index contributed by atoms with van der Waals surface area (Å²) < 4.78 is 68.6. The van der Waals surface area contributed by atoms with Gasteiger partial charge in [-0.05, 0) is 60.7 Å². The molecule has 0 unspecified atom stereocenters. The Hall–Kier alpha value is -3.55. The minimum atomic E-state index is -3.93. The van der Waals surface area contributed by atoms with Crippen molar-refractivity contribution in [1.29, 1.82) is 0 Å². The van der Waals surface area contributed by atoms with E-state index in [1.165, 1.54) is 42.5 Å². The highest BCUT2D eigenvalue weighted by Gasteiger charge is 2.28. The Morgan fingerprint density at radius 3 is 2.33 bits per heavy atom. The lowest BCUT2D eigenvalue weighted by molar-refractivity contribution is -0.605. The molecule has 0 saturated heterocycles. The second kappa shape index (κ2) is 13.2. The number of carbonyl (C=O) groups excluding carboxylic acids is 1. The Labute approximate surface area is 251 Å². The number of halogens is 4. The molecule has 1 fully saturated rings. The number of aromatic nitrogens is 1. The molecule has 2 N–H and O–H groups in total. The molecular weight excluding hydrogens is 619 g/mol. The molecule has 0 aliphatic heterocycles. The second-order valence-electron chi connectivity index (χ2n) is 9.68. The zero-order valence-corrected chi connectivity index (χ0v) is 24.5. The molecule has 0 amide bonds. The van der Waals surface area contributed by atoms with E-state index in [9.17, 15) is 27.2 Å². The van der Waals surface area contributed by atoms with Crippen LogP contribution < -0.4 is 24.2 Å². The van der Waals surface area contributed by atoms with Gasteiger partial charge >= 0.3 is 12.6 Å². The normalized spacial score (nSPS) is 14.0. The molecule has 0 bridgehead atoms. The molecule has 1 heterocycles. The summed E-state index contributed by atoms with van der Waals surface area (Å²) in [5.41, 5.74) is 6.83. The van der Waals surface area contributed by atoms with Crippen molar-refractivity contribution in [1.82, 2.24) is 0 Å². The second-order valence-corrected chi connectivity index (χ2v) is 12.4. The van der Waals surface area contributed by atoms with Gasteiger partial charge in [0.1, 0.15) is 22.7 Å². The van der Waals surface area contributed by atoms with Gasteiger partial charge in [-0.1, -0.05) is 29.3 Å². The fourth-order valence-electron chi connectivity index (χ4n) is 4.02. The highest BCUT2D eigenvalue weighted by molar-refractivity contribution is 7.92. The average molecular weight is 646 g/mol. The summed E-state index contributed by atoms with van der Waals surface area (Å²) >= 11 is 12.5. The van der Waals surface area contributed by atoms with Crippen LogP contribution in [-0.4, -0.2) is 40.4 Å². The van der Waals surface area contributed by atoms with Gasteiger partial charge in [0, 0.05) is 17.7 Å². The van der Waals surface area contributed by atoms with Crippen LogP contribution in [0.15, 0.2) is 54.9 Å². The van der Waals surface area contributed by atoms with Gasteiger partial charge in [-0.3, -0.25) is 9.10 Å². The monoisotopic (exact) mass is 645 g/mol.